The van der Waals surface area contributed by atoms with Gasteiger partial charge in [-0.15, -0.1) is 11.6 Å². The van der Waals surface area contributed by atoms with E-state index in [-0.39, 0.29) is 36.3 Å². The standard InChI is InChI=1S/C16H14ClF3O3/c17-8-9-6-10(4-5-11(7-9)16(18,19)20)15(23)14-12(21)2-1-3-13(14)22/h4-5,7,14H,1-3,6,8H2. The average Bonchev–Trinajstić information content (AvgIpc) is 2.69. The van der Waals surface area contributed by atoms with E-state index in [1.807, 2.05) is 0 Å². The third kappa shape index (κ3) is 3.99. The third-order valence-corrected chi connectivity index (χ3v) is 4.15. The zero-order valence-corrected chi connectivity index (χ0v) is 12.8. The van der Waals surface area contributed by atoms with Crippen molar-refractivity contribution < 1.29 is 27.6 Å². The third-order valence-electron chi connectivity index (χ3n) is 3.81. The molecule has 0 atom stereocenters. The van der Waals surface area contributed by atoms with Crippen molar-refractivity contribution in [2.24, 2.45) is 5.92 Å². The normalized spacial score (nSPS) is 20.6. The molecule has 0 aromatic heterocycles. The molecular formula is C16H14ClF3O3. The Labute approximate surface area is 135 Å². The molecule has 1 fully saturated rings. The van der Waals surface area contributed by atoms with Gasteiger partial charge in [-0.05, 0) is 25.0 Å². The predicted octanol–water partition coefficient (Wildman–Crippen LogP) is 3.48. The number of rotatable bonds is 3. The fraction of sp³-hybridized carbons (Fsp3) is 0.438. The molecule has 0 unspecified atom stereocenters. The van der Waals surface area contributed by atoms with E-state index in [0.717, 1.165) is 18.2 Å². The number of alkyl halides is 4. The molecule has 0 bridgehead atoms. The van der Waals surface area contributed by atoms with Crippen LogP contribution >= 0.6 is 11.6 Å². The SMILES string of the molecule is O=C1CCCC(=O)C1C(=O)C1=CC=C(C(F)(F)F)C=C(CCl)C1. The first-order valence-corrected chi connectivity index (χ1v) is 7.60. The summed E-state index contributed by atoms with van der Waals surface area (Å²) < 4.78 is 38.6. The van der Waals surface area contributed by atoms with Gasteiger partial charge in [0.2, 0.25) is 0 Å². The van der Waals surface area contributed by atoms with Crippen LogP contribution in [0.15, 0.2) is 34.9 Å². The second-order valence-corrected chi connectivity index (χ2v) is 5.78. The molecule has 0 spiro atoms. The Balaban J connectivity index is 2.35. The average molecular weight is 347 g/mol. The van der Waals surface area contributed by atoms with Crippen molar-refractivity contribution in [3.63, 3.8) is 0 Å². The van der Waals surface area contributed by atoms with Gasteiger partial charge >= 0.3 is 6.18 Å². The molecule has 2 aliphatic rings. The molecule has 0 heterocycles. The van der Waals surface area contributed by atoms with Crippen LogP contribution in [0.1, 0.15) is 25.7 Å². The van der Waals surface area contributed by atoms with Crippen LogP contribution in [0.3, 0.4) is 0 Å². The zero-order chi connectivity index (χ0) is 17.2. The summed E-state index contributed by atoms with van der Waals surface area (Å²) in [6, 6.07) is 0. The van der Waals surface area contributed by atoms with Crippen LogP contribution in [0.25, 0.3) is 0 Å². The maximum absolute atomic E-state index is 12.9. The van der Waals surface area contributed by atoms with Gasteiger partial charge in [-0.25, -0.2) is 0 Å². The first-order valence-electron chi connectivity index (χ1n) is 7.07. The molecule has 0 amide bonds. The van der Waals surface area contributed by atoms with Gasteiger partial charge in [0.25, 0.3) is 0 Å². The lowest BCUT2D eigenvalue weighted by Crippen LogP contribution is -2.36. The Morgan fingerprint density at radius 3 is 2.30 bits per heavy atom. The van der Waals surface area contributed by atoms with Crippen molar-refractivity contribution >= 4 is 29.0 Å². The number of carbonyl (C=O) groups excluding carboxylic acids is 3. The number of Topliss-reactive ketones (excluding diaryl/α,β-unsaturated/α-hetero) is 3. The van der Waals surface area contributed by atoms with Gasteiger partial charge in [0.15, 0.2) is 17.3 Å². The Bertz CT molecular complexity index is 625. The Morgan fingerprint density at radius 1 is 1.17 bits per heavy atom. The van der Waals surface area contributed by atoms with E-state index in [4.69, 9.17) is 11.6 Å². The van der Waals surface area contributed by atoms with Crippen LogP contribution in [-0.4, -0.2) is 29.4 Å². The minimum Gasteiger partial charge on any atom is -0.298 e. The van der Waals surface area contributed by atoms with Gasteiger partial charge in [0, 0.05) is 24.3 Å². The number of hydrogen-bond acceptors (Lipinski definition) is 3. The van der Waals surface area contributed by atoms with Crippen LogP contribution in [0, 0.1) is 5.92 Å². The van der Waals surface area contributed by atoms with Crippen LogP contribution in [0.5, 0.6) is 0 Å². The monoisotopic (exact) mass is 346 g/mol. The smallest absolute Gasteiger partial charge is 0.298 e. The fourth-order valence-corrected chi connectivity index (χ4v) is 2.80. The van der Waals surface area contributed by atoms with Crippen LogP contribution in [0.2, 0.25) is 0 Å². The van der Waals surface area contributed by atoms with Gasteiger partial charge in [-0.1, -0.05) is 11.6 Å². The van der Waals surface area contributed by atoms with Gasteiger partial charge in [0.05, 0.1) is 5.57 Å². The maximum atomic E-state index is 12.9. The van der Waals surface area contributed by atoms with Gasteiger partial charge < -0.3 is 0 Å². The van der Waals surface area contributed by atoms with E-state index in [9.17, 15) is 27.6 Å². The van der Waals surface area contributed by atoms with Crippen molar-refractivity contribution in [3.8, 4) is 0 Å². The van der Waals surface area contributed by atoms with Gasteiger partial charge in [-0.3, -0.25) is 14.4 Å². The largest absolute Gasteiger partial charge is 0.416 e. The van der Waals surface area contributed by atoms with Crippen molar-refractivity contribution in [2.75, 3.05) is 5.88 Å². The summed E-state index contributed by atoms with van der Waals surface area (Å²) in [5.74, 6) is -3.20. The highest BCUT2D eigenvalue weighted by molar-refractivity contribution is 6.25. The van der Waals surface area contributed by atoms with E-state index in [1.54, 1.807) is 0 Å². The minimum atomic E-state index is -4.57. The number of halogens is 4. The lowest BCUT2D eigenvalue weighted by molar-refractivity contribution is -0.140. The van der Waals surface area contributed by atoms with Crippen molar-refractivity contribution in [2.45, 2.75) is 31.9 Å². The first-order chi connectivity index (χ1) is 10.7. The summed E-state index contributed by atoms with van der Waals surface area (Å²) in [6.07, 6.45) is -1.27. The van der Waals surface area contributed by atoms with E-state index in [2.05, 4.69) is 0 Å². The summed E-state index contributed by atoms with van der Waals surface area (Å²) in [5.41, 5.74) is -0.704. The molecule has 0 aromatic rings. The van der Waals surface area contributed by atoms with Crippen LogP contribution in [0.4, 0.5) is 13.2 Å². The fourth-order valence-electron chi connectivity index (χ4n) is 2.63. The number of hydrogen-bond donors (Lipinski definition) is 0. The van der Waals surface area contributed by atoms with E-state index in [0.29, 0.717) is 6.42 Å². The number of ketones is 3. The van der Waals surface area contributed by atoms with Gasteiger partial charge in [-0.2, -0.15) is 13.2 Å². The molecule has 2 aliphatic carbocycles. The summed E-state index contributed by atoms with van der Waals surface area (Å²) in [4.78, 5) is 36.1. The minimum absolute atomic E-state index is 0.00440. The van der Waals surface area contributed by atoms with Crippen molar-refractivity contribution in [1.29, 1.82) is 0 Å². The number of allylic oxidation sites excluding steroid dienone is 6. The second-order valence-electron chi connectivity index (χ2n) is 5.51. The summed E-state index contributed by atoms with van der Waals surface area (Å²) in [7, 11) is 0. The Hall–Kier alpha value is -1.69. The van der Waals surface area contributed by atoms with E-state index >= 15 is 0 Å². The lowest BCUT2D eigenvalue weighted by atomic mass is 9.80. The van der Waals surface area contributed by atoms with Crippen LogP contribution in [-0.2, 0) is 14.4 Å². The second kappa shape index (κ2) is 6.83. The Kier molecular flexibility index (Phi) is 5.24. The van der Waals surface area contributed by atoms with Gasteiger partial charge in [0.1, 0.15) is 5.92 Å². The lowest BCUT2D eigenvalue weighted by Gasteiger charge is -2.19. The highest BCUT2D eigenvalue weighted by Crippen LogP contribution is 2.32. The Morgan fingerprint density at radius 2 is 1.78 bits per heavy atom. The van der Waals surface area contributed by atoms with Crippen molar-refractivity contribution in [1.82, 2.24) is 0 Å². The molecule has 2 rings (SSSR count). The molecule has 124 valence electrons. The molecule has 0 aliphatic heterocycles. The summed E-state index contributed by atoms with van der Waals surface area (Å²) in [6.45, 7) is 0. The topological polar surface area (TPSA) is 51.2 Å². The number of carbonyl (C=O) groups is 3. The highest BCUT2D eigenvalue weighted by Gasteiger charge is 2.38. The van der Waals surface area contributed by atoms with Crippen molar-refractivity contribution in [3.05, 3.63) is 34.9 Å². The predicted molar refractivity (Wildman–Crippen MR) is 78.0 cm³/mol. The molecular weight excluding hydrogens is 333 g/mol. The van der Waals surface area contributed by atoms with E-state index in [1.165, 1.54) is 0 Å². The molecule has 23 heavy (non-hydrogen) atoms. The highest BCUT2D eigenvalue weighted by atomic mass is 35.5. The van der Waals surface area contributed by atoms with E-state index < -0.39 is 35.0 Å². The maximum Gasteiger partial charge on any atom is 0.416 e. The molecule has 0 saturated heterocycles. The molecule has 0 radical (unpaired) electrons. The first kappa shape index (κ1) is 17.7. The molecule has 3 nitrogen and oxygen atoms in total. The summed E-state index contributed by atoms with van der Waals surface area (Å²) >= 11 is 5.65. The van der Waals surface area contributed by atoms with Crippen LogP contribution < -0.4 is 0 Å². The molecule has 0 N–H and O–H groups in total. The zero-order valence-electron chi connectivity index (χ0n) is 12.1. The quantitative estimate of drug-likeness (QED) is 0.580. The summed E-state index contributed by atoms with van der Waals surface area (Å²) in [5, 5.41) is 0. The molecule has 0 aromatic carbocycles. The molecule has 7 heteroatoms. The molecule has 1 saturated carbocycles.